The zero-order valence-corrected chi connectivity index (χ0v) is 9.30. The molecule has 0 atom stereocenters. The van der Waals surface area contributed by atoms with Crippen molar-refractivity contribution in [1.82, 2.24) is 0 Å². The summed E-state index contributed by atoms with van der Waals surface area (Å²) in [5.74, 6) is 2.51. The summed E-state index contributed by atoms with van der Waals surface area (Å²) in [7, 11) is 0. The van der Waals surface area contributed by atoms with Crippen molar-refractivity contribution in [1.29, 1.82) is 0 Å². The quantitative estimate of drug-likeness (QED) is 0.571. The van der Waals surface area contributed by atoms with E-state index in [4.69, 9.17) is 18.0 Å². The van der Waals surface area contributed by atoms with E-state index in [0.29, 0.717) is 11.5 Å². The maximum atomic E-state index is 11.8. The number of allylic oxidation sites excluding steroid dienone is 3. The summed E-state index contributed by atoms with van der Waals surface area (Å²) in [5, 5.41) is 0.334. The Morgan fingerprint density at radius 3 is 2.56 bits per heavy atom. The SMILES string of the molecule is C#C/C(Cl)=C(\C=C)Cc1ccc(OF)cc1. The van der Waals surface area contributed by atoms with Gasteiger partial charge in [0.15, 0.2) is 5.75 Å². The van der Waals surface area contributed by atoms with Crippen LogP contribution in [-0.2, 0) is 6.42 Å². The van der Waals surface area contributed by atoms with Gasteiger partial charge in [-0.05, 0) is 29.7 Å². The lowest BCUT2D eigenvalue weighted by Crippen LogP contribution is -1.90. The Morgan fingerprint density at radius 1 is 1.50 bits per heavy atom. The molecule has 0 saturated heterocycles. The van der Waals surface area contributed by atoms with Gasteiger partial charge in [-0.15, -0.1) is 6.42 Å². The van der Waals surface area contributed by atoms with Crippen LogP contribution in [0.5, 0.6) is 5.75 Å². The van der Waals surface area contributed by atoms with Crippen LogP contribution in [0.15, 0.2) is 47.5 Å². The molecule has 0 heterocycles. The lowest BCUT2D eigenvalue weighted by atomic mass is 10.0. The minimum Gasteiger partial charge on any atom is -0.294 e. The summed E-state index contributed by atoms with van der Waals surface area (Å²) in [5.41, 5.74) is 1.71. The maximum absolute atomic E-state index is 11.8. The van der Waals surface area contributed by atoms with E-state index in [1.807, 2.05) is 0 Å². The molecular formula is C13H10ClFO. The second kappa shape index (κ2) is 5.99. The molecule has 0 aliphatic carbocycles. The van der Waals surface area contributed by atoms with Crippen LogP contribution in [0, 0.1) is 12.3 Å². The molecule has 0 unspecified atom stereocenters. The Kier molecular flexibility index (Phi) is 4.63. The first kappa shape index (κ1) is 12.4. The highest BCUT2D eigenvalue weighted by atomic mass is 35.5. The smallest absolute Gasteiger partial charge is 0.171 e. The first-order valence-corrected chi connectivity index (χ1v) is 4.94. The van der Waals surface area contributed by atoms with Gasteiger partial charge in [0, 0.05) is 4.53 Å². The monoisotopic (exact) mass is 236 g/mol. The summed E-state index contributed by atoms with van der Waals surface area (Å²) in [6.07, 6.45) is 7.36. The molecule has 16 heavy (non-hydrogen) atoms. The van der Waals surface area contributed by atoms with E-state index >= 15 is 0 Å². The highest BCUT2D eigenvalue weighted by Gasteiger charge is 2.01. The average molecular weight is 237 g/mol. The van der Waals surface area contributed by atoms with Crippen LogP contribution < -0.4 is 4.94 Å². The molecule has 0 saturated carbocycles. The molecule has 0 amide bonds. The predicted molar refractivity (Wildman–Crippen MR) is 63.8 cm³/mol. The Balaban J connectivity index is 2.88. The fourth-order valence-corrected chi connectivity index (χ4v) is 1.35. The largest absolute Gasteiger partial charge is 0.294 e. The predicted octanol–water partition coefficient (Wildman–Crippen LogP) is 3.80. The van der Waals surface area contributed by atoms with Crippen molar-refractivity contribution in [3.05, 3.63) is 53.1 Å². The Labute approximate surface area is 99.1 Å². The lowest BCUT2D eigenvalue weighted by molar-refractivity contribution is -0.00621. The van der Waals surface area contributed by atoms with E-state index in [1.54, 1.807) is 18.2 Å². The normalized spacial score (nSPS) is 11.3. The third-order valence-electron chi connectivity index (χ3n) is 2.06. The third-order valence-corrected chi connectivity index (χ3v) is 2.41. The van der Waals surface area contributed by atoms with Crippen molar-refractivity contribution in [3.8, 4) is 18.1 Å². The van der Waals surface area contributed by atoms with Crippen LogP contribution in [0.3, 0.4) is 0 Å². The highest BCUT2D eigenvalue weighted by molar-refractivity contribution is 6.32. The molecule has 1 nitrogen and oxygen atoms in total. The molecule has 0 N–H and O–H groups in total. The van der Waals surface area contributed by atoms with Crippen LogP contribution in [0.2, 0.25) is 0 Å². The van der Waals surface area contributed by atoms with Crippen LogP contribution >= 0.6 is 11.6 Å². The average Bonchev–Trinajstić information content (AvgIpc) is 2.35. The van der Waals surface area contributed by atoms with E-state index in [1.165, 1.54) is 12.1 Å². The van der Waals surface area contributed by atoms with E-state index in [0.717, 1.165) is 11.1 Å². The van der Waals surface area contributed by atoms with Crippen molar-refractivity contribution in [2.45, 2.75) is 6.42 Å². The van der Waals surface area contributed by atoms with Gasteiger partial charge in [-0.25, -0.2) is 0 Å². The summed E-state index contributed by atoms with van der Waals surface area (Å²) < 4.78 is 11.8. The lowest BCUT2D eigenvalue weighted by Gasteiger charge is -2.03. The van der Waals surface area contributed by atoms with Gasteiger partial charge in [0.2, 0.25) is 0 Å². The first-order valence-electron chi connectivity index (χ1n) is 4.56. The van der Waals surface area contributed by atoms with Gasteiger partial charge in [0.05, 0.1) is 5.03 Å². The first-order chi connectivity index (χ1) is 7.71. The highest BCUT2D eigenvalue weighted by Crippen LogP contribution is 2.18. The molecule has 0 fully saturated rings. The molecular weight excluding hydrogens is 227 g/mol. The second-order valence-corrected chi connectivity index (χ2v) is 3.46. The zero-order valence-electron chi connectivity index (χ0n) is 8.54. The van der Waals surface area contributed by atoms with Crippen molar-refractivity contribution in [3.63, 3.8) is 0 Å². The summed E-state index contributed by atoms with van der Waals surface area (Å²) in [6, 6.07) is 6.53. The number of rotatable bonds is 4. The van der Waals surface area contributed by atoms with E-state index in [9.17, 15) is 4.53 Å². The number of hydrogen-bond donors (Lipinski definition) is 0. The Bertz CT molecular complexity index is 440. The minimum absolute atomic E-state index is 0.163. The van der Waals surface area contributed by atoms with Gasteiger partial charge in [0.25, 0.3) is 0 Å². The molecule has 0 spiro atoms. The fourth-order valence-electron chi connectivity index (χ4n) is 1.21. The number of hydrogen-bond acceptors (Lipinski definition) is 1. The third kappa shape index (κ3) is 3.15. The van der Waals surface area contributed by atoms with Gasteiger partial charge in [-0.1, -0.05) is 42.3 Å². The summed E-state index contributed by atoms with van der Waals surface area (Å²) >= 11 is 5.83. The van der Waals surface area contributed by atoms with Gasteiger partial charge in [0.1, 0.15) is 0 Å². The van der Waals surface area contributed by atoms with E-state index in [2.05, 4.69) is 17.4 Å². The molecule has 3 heteroatoms. The van der Waals surface area contributed by atoms with E-state index in [-0.39, 0.29) is 5.75 Å². The molecule has 0 aromatic heterocycles. The molecule has 1 aromatic carbocycles. The van der Waals surface area contributed by atoms with Crippen LogP contribution in [0.25, 0.3) is 0 Å². The fraction of sp³-hybridized carbons (Fsp3) is 0.0769. The second-order valence-electron chi connectivity index (χ2n) is 3.09. The van der Waals surface area contributed by atoms with Gasteiger partial charge in [-0.2, -0.15) is 0 Å². The van der Waals surface area contributed by atoms with E-state index < -0.39 is 0 Å². The molecule has 0 radical (unpaired) electrons. The molecule has 0 aliphatic heterocycles. The molecule has 1 aromatic rings. The maximum Gasteiger partial charge on any atom is 0.171 e. The zero-order chi connectivity index (χ0) is 12.0. The van der Waals surface area contributed by atoms with Crippen molar-refractivity contribution < 1.29 is 9.47 Å². The Hall–Kier alpha value is -1.72. The van der Waals surface area contributed by atoms with Crippen LogP contribution in [0.1, 0.15) is 5.56 Å². The van der Waals surface area contributed by atoms with Crippen molar-refractivity contribution in [2.75, 3.05) is 0 Å². The van der Waals surface area contributed by atoms with Gasteiger partial charge < -0.3 is 0 Å². The number of benzene rings is 1. The molecule has 0 aliphatic rings. The Morgan fingerprint density at radius 2 is 2.12 bits per heavy atom. The number of terminal acetylenes is 1. The molecule has 82 valence electrons. The number of halogens is 2. The van der Waals surface area contributed by atoms with Crippen LogP contribution in [-0.4, -0.2) is 0 Å². The molecule has 0 bridgehead atoms. The molecule has 1 rings (SSSR count). The van der Waals surface area contributed by atoms with Crippen LogP contribution in [0.4, 0.5) is 4.53 Å². The van der Waals surface area contributed by atoms with Crippen molar-refractivity contribution >= 4 is 11.6 Å². The standard InChI is InChI=1S/C13H10ClFO/c1-3-11(13(14)4-2)9-10-5-7-12(16-15)8-6-10/h2-3,5-8H,1,9H2/b13-11-. The summed E-state index contributed by atoms with van der Waals surface area (Å²) in [6.45, 7) is 3.64. The minimum atomic E-state index is 0.163. The van der Waals surface area contributed by atoms with Gasteiger partial charge >= 0.3 is 0 Å². The topological polar surface area (TPSA) is 9.23 Å². The van der Waals surface area contributed by atoms with Crippen molar-refractivity contribution in [2.24, 2.45) is 0 Å². The summed E-state index contributed by atoms with van der Waals surface area (Å²) in [4.78, 5) is 3.58. The van der Waals surface area contributed by atoms with Gasteiger partial charge in [-0.3, -0.25) is 4.94 Å².